The number of ether oxygens (including phenoxy) is 1. The molecule has 3 rings (SSSR count). The summed E-state index contributed by atoms with van der Waals surface area (Å²) in [5, 5.41) is 12.2. The predicted octanol–water partition coefficient (Wildman–Crippen LogP) is 5.62. The molecule has 1 amide bonds. The number of hydrogen-bond donors (Lipinski definition) is 2. The van der Waals surface area contributed by atoms with Gasteiger partial charge in [-0.15, -0.1) is 11.3 Å². The van der Waals surface area contributed by atoms with E-state index in [0.717, 1.165) is 16.0 Å². The minimum absolute atomic E-state index is 0.0342. The Kier molecular flexibility index (Phi) is 8.82. The standard InChI is InChI=1S/C28H31NO5S/c1-28(2,3)34-24(30)16-10-15-21(27(32)33)29-26(31)23-18-17-22(35-23)25(19-11-6-4-7-12-19)20-13-8-5-9-14-20/h4-9,11-14,17-18,21,25H,10,15-16H2,1-3H3,(H,29,31)(H,32,33). The molecule has 1 heterocycles. The predicted molar refractivity (Wildman–Crippen MR) is 137 cm³/mol. The number of benzene rings is 2. The zero-order valence-corrected chi connectivity index (χ0v) is 21.0. The van der Waals surface area contributed by atoms with E-state index in [-0.39, 0.29) is 24.7 Å². The molecule has 0 saturated carbocycles. The molecule has 2 aromatic carbocycles. The van der Waals surface area contributed by atoms with E-state index in [1.54, 1.807) is 26.8 Å². The van der Waals surface area contributed by atoms with Gasteiger partial charge in [-0.3, -0.25) is 9.59 Å². The molecule has 6 nitrogen and oxygen atoms in total. The van der Waals surface area contributed by atoms with Crippen LogP contribution in [0.5, 0.6) is 0 Å². The molecule has 0 bridgehead atoms. The molecule has 0 aliphatic heterocycles. The van der Waals surface area contributed by atoms with E-state index in [1.165, 1.54) is 11.3 Å². The molecule has 1 atom stereocenters. The lowest BCUT2D eigenvalue weighted by molar-refractivity contribution is -0.155. The monoisotopic (exact) mass is 493 g/mol. The molecular weight excluding hydrogens is 462 g/mol. The lowest BCUT2D eigenvalue weighted by atomic mass is 9.90. The molecule has 7 heteroatoms. The van der Waals surface area contributed by atoms with Crippen LogP contribution < -0.4 is 5.32 Å². The maximum atomic E-state index is 12.9. The first-order valence-corrected chi connectivity index (χ1v) is 12.4. The van der Waals surface area contributed by atoms with Crippen molar-refractivity contribution >= 4 is 29.2 Å². The van der Waals surface area contributed by atoms with E-state index in [1.807, 2.05) is 42.5 Å². The van der Waals surface area contributed by atoms with Gasteiger partial charge in [-0.1, -0.05) is 60.7 Å². The third-order valence-electron chi connectivity index (χ3n) is 5.30. The largest absolute Gasteiger partial charge is 0.480 e. The second kappa shape index (κ2) is 11.8. The van der Waals surface area contributed by atoms with E-state index < -0.39 is 23.5 Å². The summed E-state index contributed by atoms with van der Waals surface area (Å²) in [7, 11) is 0. The van der Waals surface area contributed by atoms with Crippen LogP contribution in [0.4, 0.5) is 0 Å². The van der Waals surface area contributed by atoms with Gasteiger partial charge in [-0.25, -0.2) is 4.79 Å². The van der Waals surface area contributed by atoms with E-state index in [2.05, 4.69) is 29.6 Å². The van der Waals surface area contributed by atoms with Gasteiger partial charge in [0.1, 0.15) is 11.6 Å². The van der Waals surface area contributed by atoms with Crippen molar-refractivity contribution in [2.24, 2.45) is 0 Å². The quantitative estimate of drug-likeness (QED) is 0.358. The summed E-state index contributed by atoms with van der Waals surface area (Å²) in [5.41, 5.74) is 1.63. The minimum atomic E-state index is -1.13. The number of carbonyl (C=O) groups is 3. The topological polar surface area (TPSA) is 92.7 Å². The third-order valence-corrected chi connectivity index (χ3v) is 6.45. The molecule has 184 valence electrons. The summed E-state index contributed by atoms with van der Waals surface area (Å²) in [6.45, 7) is 5.34. The third kappa shape index (κ3) is 7.79. The number of amides is 1. The van der Waals surface area contributed by atoms with Gasteiger partial charge < -0.3 is 15.2 Å². The number of nitrogens with one attached hydrogen (secondary N) is 1. The normalized spacial score (nSPS) is 12.2. The highest BCUT2D eigenvalue weighted by atomic mass is 32.1. The van der Waals surface area contributed by atoms with E-state index >= 15 is 0 Å². The van der Waals surface area contributed by atoms with Crippen LogP contribution in [0.2, 0.25) is 0 Å². The molecule has 1 aromatic heterocycles. The highest BCUT2D eigenvalue weighted by Crippen LogP contribution is 2.36. The lowest BCUT2D eigenvalue weighted by Crippen LogP contribution is -2.40. The Balaban J connectivity index is 1.70. The van der Waals surface area contributed by atoms with E-state index in [0.29, 0.717) is 11.3 Å². The lowest BCUT2D eigenvalue weighted by Gasteiger charge is -2.20. The van der Waals surface area contributed by atoms with Gasteiger partial charge in [-0.2, -0.15) is 0 Å². The summed E-state index contributed by atoms with van der Waals surface area (Å²) < 4.78 is 5.26. The first kappa shape index (κ1) is 26.2. The summed E-state index contributed by atoms with van der Waals surface area (Å²) in [5.74, 6) is -1.99. The summed E-state index contributed by atoms with van der Waals surface area (Å²) in [6, 6.07) is 22.7. The van der Waals surface area contributed by atoms with E-state index in [4.69, 9.17) is 4.74 Å². The molecule has 1 unspecified atom stereocenters. The fraction of sp³-hybridized carbons (Fsp3) is 0.321. The van der Waals surface area contributed by atoms with Crippen molar-refractivity contribution in [1.82, 2.24) is 5.32 Å². The van der Waals surface area contributed by atoms with Crippen LogP contribution in [-0.4, -0.2) is 34.6 Å². The molecule has 35 heavy (non-hydrogen) atoms. The summed E-state index contributed by atoms with van der Waals surface area (Å²) >= 11 is 1.35. The first-order valence-electron chi connectivity index (χ1n) is 11.6. The summed E-state index contributed by atoms with van der Waals surface area (Å²) in [4.78, 5) is 38.0. The molecule has 0 radical (unpaired) electrons. The van der Waals surface area contributed by atoms with Crippen LogP contribution in [0, 0.1) is 0 Å². The van der Waals surface area contributed by atoms with Crippen molar-refractivity contribution in [2.45, 2.75) is 57.6 Å². The second-order valence-electron chi connectivity index (χ2n) is 9.30. The number of carboxylic acid groups (broad SMARTS) is 1. The van der Waals surface area contributed by atoms with Crippen LogP contribution in [0.1, 0.15) is 71.6 Å². The van der Waals surface area contributed by atoms with E-state index in [9.17, 15) is 19.5 Å². The maximum Gasteiger partial charge on any atom is 0.326 e. The van der Waals surface area contributed by atoms with Gasteiger partial charge in [0, 0.05) is 17.2 Å². The van der Waals surface area contributed by atoms with Crippen LogP contribution in [0.25, 0.3) is 0 Å². The number of thiophene rings is 1. The zero-order valence-electron chi connectivity index (χ0n) is 20.2. The average molecular weight is 494 g/mol. The van der Waals surface area contributed by atoms with Crippen LogP contribution in [0.3, 0.4) is 0 Å². The average Bonchev–Trinajstić information content (AvgIpc) is 3.28. The highest BCUT2D eigenvalue weighted by molar-refractivity contribution is 7.14. The molecule has 0 saturated heterocycles. The Bertz CT molecular complexity index is 1100. The number of rotatable bonds is 10. The first-order chi connectivity index (χ1) is 16.6. The molecule has 0 aliphatic rings. The molecule has 0 aliphatic carbocycles. The van der Waals surface area contributed by atoms with Crippen molar-refractivity contribution in [3.05, 3.63) is 93.7 Å². The van der Waals surface area contributed by atoms with Crippen LogP contribution in [0.15, 0.2) is 72.8 Å². The molecule has 0 spiro atoms. The summed E-state index contributed by atoms with van der Waals surface area (Å²) in [6.07, 6.45) is 0.525. The van der Waals surface area contributed by atoms with Gasteiger partial charge in [0.15, 0.2) is 0 Å². The smallest absolute Gasteiger partial charge is 0.326 e. The van der Waals surface area contributed by atoms with Gasteiger partial charge in [0.25, 0.3) is 5.91 Å². The fourth-order valence-corrected chi connectivity index (χ4v) is 4.84. The van der Waals surface area contributed by atoms with Crippen molar-refractivity contribution in [1.29, 1.82) is 0 Å². The maximum absolute atomic E-state index is 12.9. The van der Waals surface area contributed by atoms with Gasteiger partial charge in [-0.05, 0) is 56.9 Å². The number of carboxylic acids is 1. The van der Waals surface area contributed by atoms with Gasteiger partial charge in [0.05, 0.1) is 4.88 Å². The Morgan fingerprint density at radius 1 is 0.914 bits per heavy atom. The molecule has 0 fully saturated rings. The number of carbonyl (C=O) groups excluding carboxylic acids is 2. The SMILES string of the molecule is CC(C)(C)OC(=O)CCCC(NC(=O)c1ccc(C(c2ccccc2)c2ccccc2)s1)C(=O)O. The Labute approximate surface area is 210 Å². The van der Waals surface area contributed by atoms with Gasteiger partial charge >= 0.3 is 11.9 Å². The molecule has 3 aromatic rings. The van der Waals surface area contributed by atoms with Gasteiger partial charge in [0.2, 0.25) is 0 Å². The zero-order chi connectivity index (χ0) is 25.4. The van der Waals surface area contributed by atoms with Crippen molar-refractivity contribution in [3.63, 3.8) is 0 Å². The van der Waals surface area contributed by atoms with Crippen molar-refractivity contribution in [3.8, 4) is 0 Å². The van der Waals surface area contributed by atoms with Crippen molar-refractivity contribution < 1.29 is 24.2 Å². The molecule has 2 N–H and O–H groups in total. The Morgan fingerprint density at radius 3 is 2.00 bits per heavy atom. The Morgan fingerprint density at radius 2 is 1.49 bits per heavy atom. The highest BCUT2D eigenvalue weighted by Gasteiger charge is 2.24. The molecular formula is C28H31NO5S. The number of hydrogen-bond acceptors (Lipinski definition) is 5. The minimum Gasteiger partial charge on any atom is -0.480 e. The Hall–Kier alpha value is -3.45. The fourth-order valence-electron chi connectivity index (χ4n) is 3.77. The van der Waals surface area contributed by atoms with Crippen molar-refractivity contribution in [2.75, 3.05) is 0 Å². The van der Waals surface area contributed by atoms with Crippen LogP contribution >= 0.6 is 11.3 Å². The number of esters is 1. The number of aliphatic carboxylic acids is 1. The van der Waals surface area contributed by atoms with Crippen LogP contribution in [-0.2, 0) is 14.3 Å². The second-order valence-corrected chi connectivity index (χ2v) is 10.4.